The highest BCUT2D eigenvalue weighted by Gasteiger charge is 2.35. The molecule has 0 atom stereocenters. The van der Waals surface area contributed by atoms with Crippen molar-refractivity contribution in [1.29, 1.82) is 0 Å². The predicted octanol–water partition coefficient (Wildman–Crippen LogP) is 1.62. The summed E-state index contributed by atoms with van der Waals surface area (Å²) in [7, 11) is 0. The van der Waals surface area contributed by atoms with Crippen LogP contribution in [0.5, 0.6) is 0 Å². The van der Waals surface area contributed by atoms with Crippen molar-refractivity contribution in [2.75, 3.05) is 19.8 Å². The van der Waals surface area contributed by atoms with Crippen LogP contribution in [-0.2, 0) is 14.3 Å². The third-order valence-corrected chi connectivity index (χ3v) is 2.98. The lowest BCUT2D eigenvalue weighted by molar-refractivity contribution is -0.147. The van der Waals surface area contributed by atoms with Crippen LogP contribution in [0.1, 0.15) is 45.4 Å². The average molecular weight is 229 g/mol. The van der Waals surface area contributed by atoms with Crippen molar-refractivity contribution < 1.29 is 14.3 Å². The molecule has 94 valence electrons. The summed E-state index contributed by atoms with van der Waals surface area (Å²) in [5.41, 5.74) is 5.66. The molecule has 0 aromatic carbocycles. The normalized spacial score (nSPS) is 17.9. The van der Waals surface area contributed by atoms with Crippen LogP contribution < -0.4 is 5.73 Å². The third-order valence-electron chi connectivity index (χ3n) is 2.98. The van der Waals surface area contributed by atoms with Gasteiger partial charge >= 0.3 is 5.97 Å². The minimum absolute atomic E-state index is 0.193. The van der Waals surface area contributed by atoms with Gasteiger partial charge in [0.2, 0.25) is 0 Å². The number of esters is 1. The summed E-state index contributed by atoms with van der Waals surface area (Å²) in [4.78, 5) is 11.4. The van der Waals surface area contributed by atoms with Crippen molar-refractivity contribution in [2.45, 2.75) is 51.0 Å². The van der Waals surface area contributed by atoms with Gasteiger partial charge in [-0.3, -0.25) is 4.79 Å². The molecule has 4 heteroatoms. The second-order valence-electron chi connectivity index (χ2n) is 4.58. The van der Waals surface area contributed by atoms with E-state index in [1.54, 1.807) is 0 Å². The fourth-order valence-corrected chi connectivity index (χ4v) is 1.71. The highest BCUT2D eigenvalue weighted by Crippen LogP contribution is 2.32. The molecule has 1 fully saturated rings. The highest BCUT2D eigenvalue weighted by atomic mass is 16.6. The van der Waals surface area contributed by atoms with Gasteiger partial charge in [0.25, 0.3) is 0 Å². The Morgan fingerprint density at radius 1 is 1.31 bits per heavy atom. The summed E-state index contributed by atoms with van der Waals surface area (Å²) in [6, 6.07) is 0. The van der Waals surface area contributed by atoms with E-state index in [2.05, 4.69) is 6.92 Å². The Labute approximate surface area is 97.5 Å². The maximum atomic E-state index is 11.4. The molecule has 2 N–H and O–H groups in total. The number of carbonyl (C=O) groups is 1. The van der Waals surface area contributed by atoms with E-state index < -0.39 is 0 Å². The molecule has 16 heavy (non-hydrogen) atoms. The molecule has 0 aromatic heterocycles. The maximum Gasteiger partial charge on any atom is 0.307 e. The van der Waals surface area contributed by atoms with Gasteiger partial charge < -0.3 is 15.2 Å². The third kappa shape index (κ3) is 4.94. The lowest BCUT2D eigenvalue weighted by Gasteiger charge is -2.37. The SMILES string of the molecule is CCCCOCCOC(=O)CC1(N)CCC1. The topological polar surface area (TPSA) is 61.5 Å². The first-order valence-electron chi connectivity index (χ1n) is 6.18. The van der Waals surface area contributed by atoms with E-state index in [1.807, 2.05) is 0 Å². The van der Waals surface area contributed by atoms with Gasteiger partial charge in [-0.25, -0.2) is 0 Å². The molecule has 0 bridgehead atoms. The summed E-state index contributed by atoms with van der Waals surface area (Å²) >= 11 is 0. The first-order valence-corrected chi connectivity index (χ1v) is 6.18. The lowest BCUT2D eigenvalue weighted by Crippen LogP contribution is -2.48. The molecule has 0 saturated heterocycles. The van der Waals surface area contributed by atoms with Gasteiger partial charge in [0, 0.05) is 12.1 Å². The summed E-state index contributed by atoms with van der Waals surface area (Å²) in [6.45, 7) is 3.69. The zero-order valence-electron chi connectivity index (χ0n) is 10.2. The van der Waals surface area contributed by atoms with Gasteiger partial charge in [-0.15, -0.1) is 0 Å². The maximum absolute atomic E-state index is 11.4. The number of ether oxygens (including phenoxy) is 2. The first kappa shape index (κ1) is 13.5. The molecule has 0 aromatic rings. The van der Waals surface area contributed by atoms with E-state index in [-0.39, 0.29) is 11.5 Å². The number of hydrogen-bond acceptors (Lipinski definition) is 4. The van der Waals surface area contributed by atoms with Crippen molar-refractivity contribution in [3.63, 3.8) is 0 Å². The Bertz CT molecular complexity index is 214. The molecule has 0 radical (unpaired) electrons. The molecule has 1 rings (SSSR count). The smallest absolute Gasteiger partial charge is 0.307 e. The standard InChI is InChI=1S/C12H23NO3/c1-2-3-7-15-8-9-16-11(14)10-12(13)5-4-6-12/h2-10,13H2,1H3. The van der Waals surface area contributed by atoms with Crippen LogP contribution in [0.4, 0.5) is 0 Å². The molecule has 0 heterocycles. The molecule has 0 spiro atoms. The molecule has 1 aliphatic rings. The van der Waals surface area contributed by atoms with Crippen molar-refractivity contribution in [2.24, 2.45) is 5.73 Å². The van der Waals surface area contributed by atoms with Crippen molar-refractivity contribution in [1.82, 2.24) is 0 Å². The van der Waals surface area contributed by atoms with Crippen molar-refractivity contribution in [3.05, 3.63) is 0 Å². The Hall–Kier alpha value is -0.610. The van der Waals surface area contributed by atoms with E-state index >= 15 is 0 Å². The zero-order valence-corrected chi connectivity index (χ0v) is 10.2. The van der Waals surface area contributed by atoms with Crippen LogP contribution in [0.2, 0.25) is 0 Å². The van der Waals surface area contributed by atoms with Crippen LogP contribution in [0, 0.1) is 0 Å². The van der Waals surface area contributed by atoms with Crippen LogP contribution in [0.15, 0.2) is 0 Å². The molecule has 0 unspecified atom stereocenters. The Kier molecular flexibility index (Phi) is 5.77. The quantitative estimate of drug-likeness (QED) is 0.507. The summed E-state index contributed by atoms with van der Waals surface area (Å²) in [5.74, 6) is -0.193. The van der Waals surface area contributed by atoms with Crippen molar-refractivity contribution in [3.8, 4) is 0 Å². The summed E-state index contributed by atoms with van der Waals surface area (Å²) < 4.78 is 10.3. The first-order chi connectivity index (χ1) is 7.66. The number of nitrogens with two attached hydrogens (primary N) is 1. The number of unbranched alkanes of at least 4 members (excludes halogenated alkanes) is 1. The van der Waals surface area contributed by atoms with Crippen LogP contribution >= 0.6 is 0 Å². The van der Waals surface area contributed by atoms with E-state index in [0.717, 1.165) is 38.7 Å². The van der Waals surface area contributed by atoms with E-state index in [9.17, 15) is 4.79 Å². The van der Waals surface area contributed by atoms with Gasteiger partial charge in [-0.1, -0.05) is 13.3 Å². The second-order valence-corrected chi connectivity index (χ2v) is 4.58. The summed E-state index contributed by atoms with van der Waals surface area (Å²) in [5, 5.41) is 0. The number of carbonyl (C=O) groups excluding carboxylic acids is 1. The second kappa shape index (κ2) is 6.86. The Balaban J connectivity index is 1.94. The molecule has 1 aliphatic carbocycles. The minimum Gasteiger partial charge on any atom is -0.463 e. The molecular weight excluding hydrogens is 206 g/mol. The van der Waals surface area contributed by atoms with Crippen LogP contribution in [-0.4, -0.2) is 31.3 Å². The molecule has 0 amide bonds. The molecule has 0 aliphatic heterocycles. The van der Waals surface area contributed by atoms with Crippen molar-refractivity contribution >= 4 is 5.97 Å². The monoisotopic (exact) mass is 229 g/mol. The molecule has 1 saturated carbocycles. The van der Waals surface area contributed by atoms with Gasteiger partial charge in [-0.2, -0.15) is 0 Å². The lowest BCUT2D eigenvalue weighted by atomic mass is 9.75. The van der Waals surface area contributed by atoms with E-state index in [1.165, 1.54) is 0 Å². The van der Waals surface area contributed by atoms with Gasteiger partial charge in [-0.05, 0) is 25.7 Å². The van der Waals surface area contributed by atoms with E-state index in [0.29, 0.717) is 19.6 Å². The largest absolute Gasteiger partial charge is 0.463 e. The average Bonchev–Trinajstić information content (AvgIpc) is 2.21. The Morgan fingerprint density at radius 2 is 2.06 bits per heavy atom. The highest BCUT2D eigenvalue weighted by molar-refractivity contribution is 5.71. The summed E-state index contributed by atoms with van der Waals surface area (Å²) in [6.07, 6.45) is 5.53. The fourth-order valence-electron chi connectivity index (χ4n) is 1.71. The predicted molar refractivity (Wildman–Crippen MR) is 62.1 cm³/mol. The number of hydrogen-bond donors (Lipinski definition) is 1. The zero-order chi connectivity index (χ0) is 11.9. The van der Waals surface area contributed by atoms with Crippen LogP contribution in [0.3, 0.4) is 0 Å². The molecular formula is C12H23NO3. The van der Waals surface area contributed by atoms with Gasteiger partial charge in [0.15, 0.2) is 0 Å². The fraction of sp³-hybridized carbons (Fsp3) is 0.917. The number of rotatable bonds is 8. The van der Waals surface area contributed by atoms with Gasteiger partial charge in [0.05, 0.1) is 13.0 Å². The Morgan fingerprint density at radius 3 is 2.62 bits per heavy atom. The molecule has 4 nitrogen and oxygen atoms in total. The van der Waals surface area contributed by atoms with Crippen LogP contribution in [0.25, 0.3) is 0 Å². The van der Waals surface area contributed by atoms with E-state index in [4.69, 9.17) is 15.2 Å². The minimum atomic E-state index is -0.278. The van der Waals surface area contributed by atoms with Gasteiger partial charge in [0.1, 0.15) is 6.61 Å².